The number of anilines is 1. The SMILES string of the molecule is CCc1[nH]c(N)nc1Cl. The van der Waals surface area contributed by atoms with Crippen LogP contribution in [0.2, 0.25) is 5.15 Å². The van der Waals surface area contributed by atoms with Crippen molar-refractivity contribution in [1.29, 1.82) is 0 Å². The van der Waals surface area contributed by atoms with E-state index in [9.17, 15) is 0 Å². The van der Waals surface area contributed by atoms with Crippen LogP contribution in [0.25, 0.3) is 0 Å². The van der Waals surface area contributed by atoms with E-state index in [1.54, 1.807) is 0 Å². The molecule has 0 radical (unpaired) electrons. The molecule has 4 heteroatoms. The Morgan fingerprint density at radius 1 is 1.78 bits per heavy atom. The van der Waals surface area contributed by atoms with Gasteiger partial charge in [-0.15, -0.1) is 0 Å². The van der Waals surface area contributed by atoms with E-state index in [2.05, 4.69) is 9.97 Å². The highest BCUT2D eigenvalue weighted by Crippen LogP contribution is 2.13. The number of rotatable bonds is 1. The van der Waals surface area contributed by atoms with Gasteiger partial charge in [0.25, 0.3) is 0 Å². The number of H-pyrrole nitrogens is 1. The monoisotopic (exact) mass is 145 g/mol. The van der Waals surface area contributed by atoms with Gasteiger partial charge in [-0.3, -0.25) is 0 Å². The van der Waals surface area contributed by atoms with E-state index in [1.165, 1.54) is 0 Å². The van der Waals surface area contributed by atoms with Crippen LogP contribution in [0.15, 0.2) is 0 Å². The van der Waals surface area contributed by atoms with Gasteiger partial charge in [0.1, 0.15) is 0 Å². The summed E-state index contributed by atoms with van der Waals surface area (Å²) in [6, 6.07) is 0. The van der Waals surface area contributed by atoms with Crippen molar-refractivity contribution in [2.24, 2.45) is 0 Å². The Kier molecular flexibility index (Phi) is 1.62. The molecule has 0 atom stereocenters. The first-order chi connectivity index (χ1) is 4.24. The molecule has 0 fully saturated rings. The third-order valence-corrected chi connectivity index (χ3v) is 1.41. The van der Waals surface area contributed by atoms with Crippen molar-refractivity contribution in [3.63, 3.8) is 0 Å². The average Bonchev–Trinajstić information content (AvgIpc) is 2.10. The Hall–Kier alpha value is -0.700. The highest BCUT2D eigenvalue weighted by Gasteiger charge is 2.01. The fourth-order valence-electron chi connectivity index (χ4n) is 0.642. The van der Waals surface area contributed by atoms with Crippen LogP contribution in [0, 0.1) is 0 Å². The Labute approximate surface area is 58.2 Å². The lowest BCUT2D eigenvalue weighted by atomic mass is 10.4. The number of hydrogen-bond donors (Lipinski definition) is 2. The molecule has 0 aliphatic heterocycles. The summed E-state index contributed by atoms with van der Waals surface area (Å²) in [5.41, 5.74) is 6.20. The van der Waals surface area contributed by atoms with Crippen LogP contribution in [-0.4, -0.2) is 9.97 Å². The van der Waals surface area contributed by atoms with Gasteiger partial charge in [0, 0.05) is 0 Å². The maximum absolute atomic E-state index is 5.62. The number of nitrogens with zero attached hydrogens (tertiary/aromatic N) is 1. The molecule has 0 saturated heterocycles. The summed E-state index contributed by atoms with van der Waals surface area (Å²) in [5.74, 6) is 0.386. The van der Waals surface area contributed by atoms with Crippen LogP contribution >= 0.6 is 11.6 Å². The third kappa shape index (κ3) is 1.16. The van der Waals surface area contributed by atoms with Gasteiger partial charge in [0.2, 0.25) is 0 Å². The summed E-state index contributed by atoms with van der Waals surface area (Å²) in [4.78, 5) is 6.60. The first-order valence-corrected chi connectivity index (χ1v) is 3.11. The molecule has 0 bridgehead atoms. The number of nitrogens with one attached hydrogen (secondary N) is 1. The molecular formula is C5H8ClN3. The van der Waals surface area contributed by atoms with E-state index in [0.717, 1.165) is 12.1 Å². The molecule has 3 N–H and O–H groups in total. The molecule has 0 saturated carbocycles. The van der Waals surface area contributed by atoms with Crippen molar-refractivity contribution < 1.29 is 0 Å². The largest absolute Gasteiger partial charge is 0.369 e. The average molecular weight is 146 g/mol. The molecule has 0 aliphatic carbocycles. The molecule has 0 aliphatic rings. The second-order valence-corrected chi connectivity index (χ2v) is 2.10. The Bertz CT molecular complexity index is 206. The Morgan fingerprint density at radius 2 is 2.44 bits per heavy atom. The molecule has 50 valence electrons. The van der Waals surface area contributed by atoms with E-state index >= 15 is 0 Å². The van der Waals surface area contributed by atoms with E-state index in [0.29, 0.717) is 11.1 Å². The van der Waals surface area contributed by atoms with Gasteiger partial charge in [-0.1, -0.05) is 18.5 Å². The fraction of sp³-hybridized carbons (Fsp3) is 0.400. The van der Waals surface area contributed by atoms with Crippen LogP contribution in [-0.2, 0) is 6.42 Å². The summed E-state index contributed by atoms with van der Waals surface area (Å²) in [5, 5.41) is 0.481. The second-order valence-electron chi connectivity index (χ2n) is 1.74. The standard InChI is InChI=1S/C5H8ClN3/c1-2-3-4(6)9-5(7)8-3/h2H2,1H3,(H3,7,8,9). The summed E-state index contributed by atoms with van der Waals surface area (Å²) < 4.78 is 0. The maximum atomic E-state index is 5.62. The minimum absolute atomic E-state index is 0.386. The molecule has 1 aromatic heterocycles. The topological polar surface area (TPSA) is 54.7 Å². The van der Waals surface area contributed by atoms with E-state index in [-0.39, 0.29) is 0 Å². The molecule has 0 spiro atoms. The quantitative estimate of drug-likeness (QED) is 0.624. The van der Waals surface area contributed by atoms with Crippen LogP contribution in [0.4, 0.5) is 5.95 Å². The third-order valence-electron chi connectivity index (χ3n) is 1.10. The lowest BCUT2D eigenvalue weighted by molar-refractivity contribution is 1.07. The van der Waals surface area contributed by atoms with Crippen molar-refractivity contribution in [2.75, 3.05) is 5.73 Å². The minimum Gasteiger partial charge on any atom is -0.369 e. The zero-order chi connectivity index (χ0) is 6.85. The molecule has 0 aromatic carbocycles. The van der Waals surface area contributed by atoms with E-state index in [1.807, 2.05) is 6.92 Å². The Morgan fingerprint density at radius 3 is 2.67 bits per heavy atom. The second kappa shape index (κ2) is 2.27. The van der Waals surface area contributed by atoms with Gasteiger partial charge in [0.15, 0.2) is 11.1 Å². The molecule has 1 aromatic rings. The molecule has 1 rings (SSSR count). The van der Waals surface area contributed by atoms with E-state index < -0.39 is 0 Å². The summed E-state index contributed by atoms with van der Waals surface area (Å²) >= 11 is 5.62. The first-order valence-electron chi connectivity index (χ1n) is 2.74. The lowest BCUT2D eigenvalue weighted by Gasteiger charge is -1.85. The fourth-order valence-corrected chi connectivity index (χ4v) is 0.914. The van der Waals surface area contributed by atoms with Crippen molar-refractivity contribution in [2.45, 2.75) is 13.3 Å². The van der Waals surface area contributed by atoms with Gasteiger partial charge in [-0.25, -0.2) is 4.98 Å². The number of nitrogens with two attached hydrogens (primary N) is 1. The van der Waals surface area contributed by atoms with Gasteiger partial charge in [0.05, 0.1) is 5.69 Å². The predicted octanol–water partition coefficient (Wildman–Crippen LogP) is 1.21. The molecular weight excluding hydrogens is 138 g/mol. The summed E-state index contributed by atoms with van der Waals surface area (Å²) in [6.45, 7) is 1.98. The highest BCUT2D eigenvalue weighted by molar-refractivity contribution is 6.30. The zero-order valence-electron chi connectivity index (χ0n) is 5.11. The normalized spacial score (nSPS) is 10.0. The van der Waals surface area contributed by atoms with Crippen LogP contribution < -0.4 is 5.73 Å². The van der Waals surface area contributed by atoms with Gasteiger partial charge < -0.3 is 10.7 Å². The number of hydrogen-bond acceptors (Lipinski definition) is 2. The smallest absolute Gasteiger partial charge is 0.199 e. The summed E-state index contributed by atoms with van der Waals surface area (Å²) in [7, 11) is 0. The Balaban J connectivity index is 3.01. The van der Waals surface area contributed by atoms with Crippen molar-refractivity contribution >= 4 is 17.5 Å². The van der Waals surface area contributed by atoms with E-state index in [4.69, 9.17) is 17.3 Å². The van der Waals surface area contributed by atoms with Crippen LogP contribution in [0.3, 0.4) is 0 Å². The number of aryl methyl sites for hydroxylation is 1. The lowest BCUT2D eigenvalue weighted by Crippen LogP contribution is -1.85. The van der Waals surface area contributed by atoms with Crippen LogP contribution in [0.1, 0.15) is 12.6 Å². The predicted molar refractivity (Wildman–Crippen MR) is 37.4 cm³/mol. The number of nitrogen functional groups attached to an aromatic ring is 1. The van der Waals surface area contributed by atoms with Crippen molar-refractivity contribution in [3.05, 3.63) is 10.8 Å². The number of aromatic nitrogens is 2. The first kappa shape index (κ1) is 6.42. The van der Waals surface area contributed by atoms with Gasteiger partial charge in [-0.05, 0) is 6.42 Å². The van der Waals surface area contributed by atoms with Gasteiger partial charge in [-0.2, -0.15) is 0 Å². The molecule has 1 heterocycles. The molecule has 0 unspecified atom stereocenters. The minimum atomic E-state index is 0.386. The molecule has 0 amide bonds. The molecule has 9 heavy (non-hydrogen) atoms. The zero-order valence-corrected chi connectivity index (χ0v) is 5.87. The maximum Gasteiger partial charge on any atom is 0.199 e. The number of imidazole rings is 1. The van der Waals surface area contributed by atoms with Crippen molar-refractivity contribution in [3.8, 4) is 0 Å². The van der Waals surface area contributed by atoms with Crippen molar-refractivity contribution in [1.82, 2.24) is 9.97 Å². The number of halogens is 1. The number of aromatic amines is 1. The highest BCUT2D eigenvalue weighted by atomic mass is 35.5. The molecule has 3 nitrogen and oxygen atoms in total. The van der Waals surface area contributed by atoms with Crippen LogP contribution in [0.5, 0.6) is 0 Å². The summed E-state index contributed by atoms with van der Waals surface area (Å²) in [6.07, 6.45) is 0.836. The van der Waals surface area contributed by atoms with Gasteiger partial charge >= 0.3 is 0 Å².